The molecule has 2 heterocycles. The number of rotatable bonds is 5. The topological polar surface area (TPSA) is 62.3 Å². The van der Waals surface area contributed by atoms with E-state index in [1.54, 1.807) is 11.0 Å². The fraction of sp³-hybridized carbons (Fsp3) is 0.458. The Morgan fingerprint density at radius 3 is 2.56 bits per heavy atom. The third kappa shape index (κ3) is 4.95. The minimum absolute atomic E-state index is 0.0250. The Morgan fingerprint density at radius 1 is 1.16 bits per heavy atom. The minimum Gasteiger partial charge on any atom is -0.350 e. The van der Waals surface area contributed by atoms with Crippen LogP contribution in [0.3, 0.4) is 0 Å². The number of carbonyl (C=O) groups excluding carboxylic acids is 2. The molecule has 1 aliphatic heterocycles. The number of hydrogen-bond donors (Lipinski definition) is 1. The van der Waals surface area contributed by atoms with Gasteiger partial charge in [-0.05, 0) is 55.4 Å². The van der Waals surface area contributed by atoms with Gasteiger partial charge in [-0.2, -0.15) is 13.2 Å². The number of benzene rings is 1. The van der Waals surface area contributed by atoms with Gasteiger partial charge in [0.15, 0.2) is 0 Å². The number of pyridine rings is 1. The van der Waals surface area contributed by atoms with Crippen LogP contribution in [0.4, 0.5) is 13.2 Å². The van der Waals surface area contributed by atoms with Crippen LogP contribution in [0.2, 0.25) is 0 Å². The largest absolute Gasteiger partial charge is 0.416 e. The first-order valence-electron chi connectivity index (χ1n) is 10.8. The molecule has 1 aromatic heterocycles. The van der Waals surface area contributed by atoms with Gasteiger partial charge in [0.2, 0.25) is 11.8 Å². The fourth-order valence-electron chi connectivity index (χ4n) is 4.62. The summed E-state index contributed by atoms with van der Waals surface area (Å²) in [6.07, 6.45) is -2.18. The minimum atomic E-state index is -4.42. The Bertz CT molecular complexity index is 1010. The molecule has 1 aliphatic carbocycles. The maximum Gasteiger partial charge on any atom is 0.416 e. The summed E-state index contributed by atoms with van der Waals surface area (Å²) in [5.74, 6) is -0.198. The van der Waals surface area contributed by atoms with Crippen LogP contribution in [0.15, 0.2) is 42.5 Å². The number of hydrogen-bond acceptors (Lipinski definition) is 3. The first kappa shape index (κ1) is 22.3. The van der Waals surface area contributed by atoms with Crippen molar-refractivity contribution in [2.45, 2.75) is 45.3 Å². The third-order valence-corrected chi connectivity index (χ3v) is 6.62. The molecule has 1 saturated heterocycles. The van der Waals surface area contributed by atoms with E-state index in [4.69, 9.17) is 0 Å². The number of halogens is 3. The molecule has 32 heavy (non-hydrogen) atoms. The van der Waals surface area contributed by atoms with Crippen LogP contribution >= 0.6 is 0 Å². The van der Waals surface area contributed by atoms with Crippen molar-refractivity contribution in [3.8, 4) is 0 Å². The second kappa shape index (κ2) is 8.56. The molecule has 5 nitrogen and oxygen atoms in total. The number of amides is 2. The Hall–Kier alpha value is -2.90. The van der Waals surface area contributed by atoms with Crippen LogP contribution in [-0.2, 0) is 28.7 Å². The SMILES string of the molecule is Cc1cccc(CNC(=O)C2CC23CCN(C(=O)Cc2cccc(C(F)(F)F)c2)CC3)n1. The summed E-state index contributed by atoms with van der Waals surface area (Å²) in [5.41, 5.74) is 1.29. The molecule has 4 rings (SSSR count). The molecular formula is C24H26F3N3O2. The lowest BCUT2D eigenvalue weighted by atomic mass is 9.90. The zero-order valence-electron chi connectivity index (χ0n) is 17.9. The number of nitrogens with zero attached hydrogens (tertiary/aromatic N) is 2. The molecule has 1 saturated carbocycles. The molecule has 2 amide bonds. The van der Waals surface area contributed by atoms with Gasteiger partial charge in [-0.3, -0.25) is 14.6 Å². The van der Waals surface area contributed by atoms with Crippen LogP contribution in [-0.4, -0.2) is 34.8 Å². The van der Waals surface area contributed by atoms with E-state index in [2.05, 4.69) is 10.3 Å². The molecular weight excluding hydrogens is 419 g/mol. The van der Waals surface area contributed by atoms with Crippen LogP contribution < -0.4 is 5.32 Å². The Morgan fingerprint density at radius 2 is 1.88 bits per heavy atom. The third-order valence-electron chi connectivity index (χ3n) is 6.62. The molecule has 1 unspecified atom stereocenters. The van der Waals surface area contributed by atoms with Crippen molar-refractivity contribution in [3.05, 3.63) is 65.0 Å². The first-order valence-corrected chi connectivity index (χ1v) is 10.8. The smallest absolute Gasteiger partial charge is 0.350 e. The zero-order valence-corrected chi connectivity index (χ0v) is 17.9. The number of aryl methyl sites for hydroxylation is 1. The lowest BCUT2D eigenvalue weighted by molar-refractivity contribution is -0.138. The number of aromatic nitrogens is 1. The summed E-state index contributed by atoms with van der Waals surface area (Å²) in [6.45, 7) is 3.36. The summed E-state index contributed by atoms with van der Waals surface area (Å²) < 4.78 is 38.7. The predicted octanol–water partition coefficient (Wildman–Crippen LogP) is 3.90. The molecule has 2 aliphatic rings. The highest BCUT2D eigenvalue weighted by atomic mass is 19.4. The van der Waals surface area contributed by atoms with Gasteiger partial charge >= 0.3 is 6.18 Å². The molecule has 0 bridgehead atoms. The molecule has 2 aromatic rings. The zero-order chi connectivity index (χ0) is 22.9. The monoisotopic (exact) mass is 445 g/mol. The van der Waals surface area contributed by atoms with E-state index < -0.39 is 11.7 Å². The van der Waals surface area contributed by atoms with Gasteiger partial charge in [0, 0.05) is 24.7 Å². The molecule has 2 fully saturated rings. The molecule has 1 spiro atoms. The number of nitrogens with one attached hydrogen (secondary N) is 1. The summed E-state index contributed by atoms with van der Waals surface area (Å²) in [4.78, 5) is 31.3. The van der Waals surface area contributed by atoms with Gasteiger partial charge in [0.25, 0.3) is 0 Å². The Kier molecular flexibility index (Phi) is 5.97. The van der Waals surface area contributed by atoms with E-state index in [9.17, 15) is 22.8 Å². The van der Waals surface area contributed by atoms with Crippen LogP contribution in [0.5, 0.6) is 0 Å². The Balaban J connectivity index is 1.26. The summed E-state index contributed by atoms with van der Waals surface area (Å²) in [5, 5.41) is 2.97. The lowest BCUT2D eigenvalue weighted by Gasteiger charge is -2.33. The number of likely N-dealkylation sites (tertiary alicyclic amines) is 1. The molecule has 170 valence electrons. The van der Waals surface area contributed by atoms with Gasteiger partial charge in [-0.15, -0.1) is 0 Å². The van der Waals surface area contributed by atoms with Crippen molar-refractivity contribution >= 4 is 11.8 Å². The van der Waals surface area contributed by atoms with E-state index in [0.717, 1.165) is 42.8 Å². The van der Waals surface area contributed by atoms with Crippen molar-refractivity contribution < 1.29 is 22.8 Å². The maximum absolute atomic E-state index is 12.9. The van der Waals surface area contributed by atoms with Gasteiger partial charge in [0.1, 0.15) is 0 Å². The fourth-order valence-corrected chi connectivity index (χ4v) is 4.62. The first-order chi connectivity index (χ1) is 15.2. The van der Waals surface area contributed by atoms with E-state index >= 15 is 0 Å². The van der Waals surface area contributed by atoms with E-state index in [1.807, 2.05) is 25.1 Å². The summed E-state index contributed by atoms with van der Waals surface area (Å²) in [7, 11) is 0. The molecule has 8 heteroatoms. The average molecular weight is 445 g/mol. The molecule has 1 N–H and O–H groups in total. The lowest BCUT2D eigenvalue weighted by Crippen LogP contribution is -2.41. The van der Waals surface area contributed by atoms with E-state index in [-0.39, 0.29) is 29.6 Å². The van der Waals surface area contributed by atoms with Crippen molar-refractivity contribution in [1.29, 1.82) is 0 Å². The normalized spacial score (nSPS) is 19.6. The van der Waals surface area contributed by atoms with E-state index in [1.165, 1.54) is 6.07 Å². The second-order valence-corrected chi connectivity index (χ2v) is 8.86. The second-order valence-electron chi connectivity index (χ2n) is 8.86. The van der Waals surface area contributed by atoms with Gasteiger partial charge in [0.05, 0.1) is 24.2 Å². The summed E-state index contributed by atoms with van der Waals surface area (Å²) >= 11 is 0. The number of piperidine rings is 1. The molecule has 1 atom stereocenters. The van der Waals surface area contributed by atoms with Gasteiger partial charge < -0.3 is 10.2 Å². The van der Waals surface area contributed by atoms with Crippen LogP contribution in [0.25, 0.3) is 0 Å². The highest BCUT2D eigenvalue weighted by molar-refractivity contribution is 5.83. The van der Waals surface area contributed by atoms with Gasteiger partial charge in [-0.1, -0.05) is 24.3 Å². The highest BCUT2D eigenvalue weighted by Gasteiger charge is 2.58. The van der Waals surface area contributed by atoms with Gasteiger partial charge in [-0.25, -0.2) is 0 Å². The van der Waals surface area contributed by atoms with Crippen molar-refractivity contribution in [2.24, 2.45) is 11.3 Å². The standard InChI is InChI=1S/C24H26F3N3O2/c1-16-4-2-7-19(29-16)15-28-22(32)20-14-23(20)8-10-30(11-9-23)21(31)13-17-5-3-6-18(12-17)24(25,26)27/h2-7,12,20H,8-11,13-15H2,1H3,(H,28,32). The average Bonchev–Trinajstić information content (AvgIpc) is 3.45. The van der Waals surface area contributed by atoms with Crippen LogP contribution in [0, 0.1) is 18.3 Å². The van der Waals surface area contributed by atoms with E-state index in [0.29, 0.717) is 25.2 Å². The maximum atomic E-state index is 12.9. The van der Waals surface area contributed by atoms with Crippen molar-refractivity contribution in [1.82, 2.24) is 15.2 Å². The number of carbonyl (C=O) groups is 2. The van der Waals surface area contributed by atoms with Crippen LogP contribution in [0.1, 0.15) is 41.8 Å². The summed E-state index contributed by atoms with van der Waals surface area (Å²) in [6, 6.07) is 10.6. The highest BCUT2D eigenvalue weighted by Crippen LogP contribution is 2.59. The van der Waals surface area contributed by atoms with Crippen molar-refractivity contribution in [3.63, 3.8) is 0 Å². The van der Waals surface area contributed by atoms with Crippen molar-refractivity contribution in [2.75, 3.05) is 13.1 Å². The molecule has 1 aromatic carbocycles. The molecule has 0 radical (unpaired) electrons. The predicted molar refractivity (Wildman–Crippen MR) is 112 cm³/mol. The quantitative estimate of drug-likeness (QED) is 0.760. The number of alkyl halides is 3. The Labute approximate surface area is 185 Å².